The number of fused-ring (bicyclic) bond motifs is 1. The predicted molar refractivity (Wildman–Crippen MR) is 128 cm³/mol. The van der Waals surface area contributed by atoms with Crippen LogP contribution < -0.4 is 15.5 Å². The van der Waals surface area contributed by atoms with Gasteiger partial charge in [-0.2, -0.15) is 0 Å². The number of para-hydroxylation sites is 1. The number of nitrogens with zero attached hydrogens (tertiary/aromatic N) is 3. The van der Waals surface area contributed by atoms with Gasteiger partial charge in [-0.05, 0) is 19.5 Å². The van der Waals surface area contributed by atoms with Crippen molar-refractivity contribution in [3.05, 3.63) is 47.2 Å². The Hall–Kier alpha value is -2.91. The Morgan fingerprint density at radius 1 is 1.19 bits per heavy atom. The third-order valence-electron chi connectivity index (χ3n) is 5.77. The second kappa shape index (κ2) is 10.1. The van der Waals surface area contributed by atoms with Gasteiger partial charge >= 0.3 is 0 Å². The van der Waals surface area contributed by atoms with Crippen LogP contribution >= 0.6 is 11.3 Å². The number of anilines is 1. The molecule has 3 N–H and O–H groups in total. The zero-order chi connectivity index (χ0) is 22.5. The first-order valence-corrected chi connectivity index (χ1v) is 11.9. The van der Waals surface area contributed by atoms with E-state index in [0.717, 1.165) is 60.5 Å². The SMILES string of the molecule is CCCCC(=O)NC(NC(=O)c1ncc(N2CCN(C)CC2)s1)c1c[nH]c2ccccc12. The van der Waals surface area contributed by atoms with Gasteiger partial charge in [-0.25, -0.2) is 4.98 Å². The molecule has 0 bridgehead atoms. The number of carbonyl (C=O) groups is 2. The predicted octanol–water partition coefficient (Wildman–Crippen LogP) is 3.11. The topological polar surface area (TPSA) is 93.4 Å². The fraction of sp³-hybridized carbons (Fsp3) is 0.435. The van der Waals surface area contributed by atoms with Gasteiger partial charge < -0.3 is 25.4 Å². The Morgan fingerprint density at radius 3 is 2.75 bits per heavy atom. The summed E-state index contributed by atoms with van der Waals surface area (Å²) in [7, 11) is 2.11. The van der Waals surface area contributed by atoms with Crippen LogP contribution in [-0.2, 0) is 4.79 Å². The van der Waals surface area contributed by atoms with Crippen LogP contribution in [0.15, 0.2) is 36.7 Å². The second-order valence-corrected chi connectivity index (χ2v) is 9.17. The van der Waals surface area contributed by atoms with E-state index < -0.39 is 6.17 Å². The first-order valence-electron chi connectivity index (χ1n) is 11.1. The molecule has 2 amide bonds. The van der Waals surface area contributed by atoms with E-state index in [2.05, 4.69) is 37.4 Å². The van der Waals surface area contributed by atoms with Gasteiger partial charge in [-0.1, -0.05) is 42.9 Å². The summed E-state index contributed by atoms with van der Waals surface area (Å²) in [5, 5.41) is 8.34. The van der Waals surface area contributed by atoms with Crippen LogP contribution in [0, 0.1) is 0 Å². The highest BCUT2D eigenvalue weighted by Crippen LogP contribution is 2.26. The molecule has 4 rings (SSSR count). The zero-order valence-electron chi connectivity index (χ0n) is 18.6. The molecule has 1 fully saturated rings. The summed E-state index contributed by atoms with van der Waals surface area (Å²) in [4.78, 5) is 37.7. The van der Waals surface area contributed by atoms with Crippen LogP contribution in [0.3, 0.4) is 0 Å². The Kier molecular flexibility index (Phi) is 7.06. The number of aromatic nitrogens is 2. The molecule has 3 aromatic rings. The van der Waals surface area contributed by atoms with Crippen molar-refractivity contribution in [2.45, 2.75) is 32.4 Å². The molecular weight excluding hydrogens is 424 g/mol. The third kappa shape index (κ3) is 5.11. The van der Waals surface area contributed by atoms with Crippen molar-refractivity contribution in [2.75, 3.05) is 38.1 Å². The maximum absolute atomic E-state index is 13.1. The normalized spacial score (nSPS) is 15.6. The molecule has 170 valence electrons. The van der Waals surface area contributed by atoms with Crippen LogP contribution in [-0.4, -0.2) is 59.9 Å². The molecule has 9 heteroatoms. The van der Waals surface area contributed by atoms with Crippen molar-refractivity contribution in [3.63, 3.8) is 0 Å². The average molecular weight is 455 g/mol. The highest BCUT2D eigenvalue weighted by molar-refractivity contribution is 7.17. The minimum absolute atomic E-state index is 0.0836. The molecular formula is C23H30N6O2S. The van der Waals surface area contributed by atoms with Gasteiger partial charge in [0.25, 0.3) is 5.91 Å². The van der Waals surface area contributed by atoms with Crippen molar-refractivity contribution in [1.82, 2.24) is 25.5 Å². The molecule has 0 saturated carbocycles. The molecule has 0 aliphatic carbocycles. The number of likely N-dealkylation sites (N-methyl/N-ethyl adjacent to an activating group) is 1. The molecule has 1 aromatic carbocycles. The zero-order valence-corrected chi connectivity index (χ0v) is 19.4. The van der Waals surface area contributed by atoms with Crippen molar-refractivity contribution in [2.24, 2.45) is 0 Å². The Labute approximate surface area is 192 Å². The number of hydrogen-bond donors (Lipinski definition) is 3. The van der Waals surface area contributed by atoms with Gasteiger partial charge in [0.1, 0.15) is 11.2 Å². The molecule has 2 aromatic heterocycles. The van der Waals surface area contributed by atoms with Crippen molar-refractivity contribution in [1.29, 1.82) is 0 Å². The first-order chi connectivity index (χ1) is 15.5. The van der Waals surface area contributed by atoms with Gasteiger partial charge in [0.2, 0.25) is 5.91 Å². The molecule has 1 unspecified atom stereocenters. The van der Waals surface area contributed by atoms with Crippen molar-refractivity contribution < 1.29 is 9.59 Å². The lowest BCUT2D eigenvalue weighted by atomic mass is 10.1. The lowest BCUT2D eigenvalue weighted by Gasteiger charge is -2.32. The molecule has 1 aliphatic rings. The van der Waals surface area contributed by atoms with Crippen molar-refractivity contribution >= 4 is 39.1 Å². The highest BCUT2D eigenvalue weighted by Gasteiger charge is 2.24. The van der Waals surface area contributed by atoms with E-state index in [1.807, 2.05) is 37.4 Å². The van der Waals surface area contributed by atoms with Crippen LogP contribution in [0.1, 0.15) is 47.7 Å². The summed E-state index contributed by atoms with van der Waals surface area (Å²) in [6.45, 7) is 5.88. The molecule has 8 nitrogen and oxygen atoms in total. The summed E-state index contributed by atoms with van der Waals surface area (Å²) in [6, 6.07) is 7.85. The van der Waals surface area contributed by atoms with Gasteiger partial charge in [0, 0.05) is 55.3 Å². The fourth-order valence-corrected chi connectivity index (χ4v) is 4.70. The smallest absolute Gasteiger partial charge is 0.282 e. The van der Waals surface area contributed by atoms with Gasteiger partial charge in [-0.15, -0.1) is 0 Å². The Bertz CT molecular complexity index is 1070. The van der Waals surface area contributed by atoms with Crippen molar-refractivity contribution in [3.8, 4) is 0 Å². The van der Waals surface area contributed by atoms with E-state index in [4.69, 9.17) is 0 Å². The number of piperazine rings is 1. The Morgan fingerprint density at radius 2 is 1.97 bits per heavy atom. The second-order valence-electron chi connectivity index (χ2n) is 8.16. The largest absolute Gasteiger partial charge is 0.361 e. The van der Waals surface area contributed by atoms with E-state index in [1.54, 1.807) is 6.20 Å². The molecule has 1 aliphatic heterocycles. The fourth-order valence-electron chi connectivity index (χ4n) is 3.83. The van der Waals surface area contributed by atoms with Crippen LogP contribution in [0.4, 0.5) is 5.00 Å². The highest BCUT2D eigenvalue weighted by atomic mass is 32.1. The number of unbranched alkanes of at least 4 members (excludes halogenated alkanes) is 1. The minimum Gasteiger partial charge on any atom is -0.361 e. The van der Waals surface area contributed by atoms with Gasteiger partial charge in [0.15, 0.2) is 5.01 Å². The van der Waals surface area contributed by atoms with E-state index in [0.29, 0.717) is 11.4 Å². The maximum Gasteiger partial charge on any atom is 0.282 e. The van der Waals surface area contributed by atoms with Crippen LogP contribution in [0.5, 0.6) is 0 Å². The number of H-pyrrole nitrogens is 1. The third-order valence-corrected chi connectivity index (χ3v) is 6.83. The van der Waals surface area contributed by atoms with E-state index in [9.17, 15) is 9.59 Å². The summed E-state index contributed by atoms with van der Waals surface area (Å²) in [5.74, 6) is -0.374. The van der Waals surface area contributed by atoms with E-state index in [1.165, 1.54) is 11.3 Å². The van der Waals surface area contributed by atoms with Gasteiger partial charge in [0.05, 0.1) is 6.20 Å². The lowest BCUT2D eigenvalue weighted by molar-refractivity contribution is -0.122. The molecule has 32 heavy (non-hydrogen) atoms. The number of carbonyl (C=O) groups excluding carboxylic acids is 2. The number of amides is 2. The number of benzene rings is 1. The average Bonchev–Trinajstić information content (AvgIpc) is 3.45. The number of nitrogens with one attached hydrogen (secondary N) is 3. The standard InChI is InChI=1S/C23H30N6O2S/c1-3-4-9-19(30)26-21(17-14-24-18-8-6-5-7-16(17)18)27-22(31)23-25-15-20(32-23)29-12-10-28(2)11-13-29/h5-8,14-15,21,24H,3-4,9-13H2,1-2H3,(H,26,30)(H,27,31). The summed E-state index contributed by atoms with van der Waals surface area (Å²) in [5.41, 5.74) is 1.78. The Balaban J connectivity index is 1.51. The molecule has 0 spiro atoms. The molecule has 3 heterocycles. The summed E-state index contributed by atoms with van der Waals surface area (Å²) in [6.07, 6.45) is 5.14. The van der Waals surface area contributed by atoms with Gasteiger partial charge in [-0.3, -0.25) is 9.59 Å². The first kappa shape index (κ1) is 22.3. The number of aromatic amines is 1. The molecule has 0 radical (unpaired) electrons. The number of thiazole rings is 1. The maximum atomic E-state index is 13.1. The van der Waals surface area contributed by atoms with E-state index in [-0.39, 0.29) is 11.8 Å². The quantitative estimate of drug-likeness (QED) is 0.455. The number of hydrogen-bond acceptors (Lipinski definition) is 6. The van der Waals surface area contributed by atoms with Crippen LogP contribution in [0.25, 0.3) is 10.9 Å². The lowest BCUT2D eigenvalue weighted by Crippen LogP contribution is -2.44. The molecule has 1 atom stereocenters. The molecule has 1 saturated heterocycles. The monoisotopic (exact) mass is 454 g/mol. The van der Waals surface area contributed by atoms with E-state index >= 15 is 0 Å². The number of rotatable bonds is 8. The summed E-state index contributed by atoms with van der Waals surface area (Å²) < 4.78 is 0. The summed E-state index contributed by atoms with van der Waals surface area (Å²) >= 11 is 1.39. The minimum atomic E-state index is -0.640. The van der Waals surface area contributed by atoms with Crippen LogP contribution in [0.2, 0.25) is 0 Å².